The predicted molar refractivity (Wildman–Crippen MR) is 54.5 cm³/mol. The Labute approximate surface area is 84.8 Å². The van der Waals surface area contributed by atoms with E-state index in [1.807, 2.05) is 6.92 Å². The van der Waals surface area contributed by atoms with Gasteiger partial charge >= 0.3 is 6.09 Å². The molecule has 5 heteroatoms. The smallest absolute Gasteiger partial charge is 0.405 e. The van der Waals surface area contributed by atoms with E-state index in [1.165, 1.54) is 0 Å². The molecule has 0 aromatic heterocycles. The van der Waals surface area contributed by atoms with Crippen LogP contribution < -0.4 is 11.5 Å². The van der Waals surface area contributed by atoms with E-state index in [-0.39, 0.29) is 5.91 Å². The van der Waals surface area contributed by atoms with Crippen molar-refractivity contribution in [3.63, 3.8) is 0 Å². The first-order valence-electron chi connectivity index (χ1n) is 4.45. The number of ether oxygens (including phenoxy) is 1. The van der Waals surface area contributed by atoms with Gasteiger partial charge in [0.05, 0.1) is 0 Å². The third-order valence-corrected chi connectivity index (χ3v) is 0.903. The average molecular weight is 204 g/mol. The first kappa shape index (κ1) is 15.2. The molecule has 0 saturated heterocycles. The van der Waals surface area contributed by atoms with Crippen LogP contribution in [0.5, 0.6) is 0 Å². The van der Waals surface area contributed by atoms with Crippen LogP contribution in [0.4, 0.5) is 4.79 Å². The highest BCUT2D eigenvalue weighted by Crippen LogP contribution is 2.04. The van der Waals surface area contributed by atoms with Crippen LogP contribution in [0, 0.1) is 0 Å². The van der Waals surface area contributed by atoms with Gasteiger partial charge in [-0.25, -0.2) is 4.79 Å². The van der Waals surface area contributed by atoms with E-state index in [1.54, 1.807) is 20.8 Å². The number of hydrogen-bond acceptors (Lipinski definition) is 3. The second kappa shape index (κ2) is 7.17. The number of primary amides is 2. The Bertz CT molecular complexity index is 185. The third kappa shape index (κ3) is 22.4. The van der Waals surface area contributed by atoms with Crippen LogP contribution in [-0.2, 0) is 9.53 Å². The van der Waals surface area contributed by atoms with Crippen LogP contribution in [-0.4, -0.2) is 17.6 Å². The average Bonchev–Trinajstić information content (AvgIpc) is 1.80. The molecule has 0 atom stereocenters. The zero-order valence-corrected chi connectivity index (χ0v) is 9.29. The number of carbonyl (C=O) groups excluding carboxylic acids is 2. The summed E-state index contributed by atoms with van der Waals surface area (Å²) in [6, 6.07) is 0. The molecular formula is C9H20N2O3. The molecule has 0 spiro atoms. The molecule has 0 aliphatic carbocycles. The topological polar surface area (TPSA) is 95.4 Å². The van der Waals surface area contributed by atoms with Crippen molar-refractivity contribution in [1.82, 2.24) is 0 Å². The minimum Gasteiger partial charge on any atom is -0.444 e. The monoisotopic (exact) mass is 204 g/mol. The fraction of sp³-hybridized carbons (Fsp3) is 0.778. The molecule has 0 aliphatic heterocycles. The van der Waals surface area contributed by atoms with E-state index < -0.39 is 11.7 Å². The van der Waals surface area contributed by atoms with Crippen molar-refractivity contribution in [1.29, 1.82) is 0 Å². The predicted octanol–water partition coefficient (Wildman–Crippen LogP) is 1.15. The summed E-state index contributed by atoms with van der Waals surface area (Å²) in [6.07, 6.45) is 0.646. The highest BCUT2D eigenvalue weighted by molar-refractivity contribution is 5.73. The van der Waals surface area contributed by atoms with Crippen molar-refractivity contribution < 1.29 is 14.3 Å². The molecule has 14 heavy (non-hydrogen) atoms. The van der Waals surface area contributed by atoms with Crippen LogP contribution in [0.3, 0.4) is 0 Å². The fourth-order valence-corrected chi connectivity index (χ4v) is 0.548. The highest BCUT2D eigenvalue weighted by Gasteiger charge is 2.12. The first-order chi connectivity index (χ1) is 6.19. The number of carbonyl (C=O) groups is 2. The molecule has 0 saturated carbocycles. The van der Waals surface area contributed by atoms with E-state index in [2.05, 4.69) is 4.74 Å². The van der Waals surface area contributed by atoms with Gasteiger partial charge in [-0.3, -0.25) is 4.79 Å². The van der Waals surface area contributed by atoms with Gasteiger partial charge in [-0.05, 0) is 27.2 Å². The molecule has 0 fully saturated rings. The molecular weight excluding hydrogens is 184 g/mol. The van der Waals surface area contributed by atoms with Gasteiger partial charge in [-0.2, -0.15) is 0 Å². The van der Waals surface area contributed by atoms with E-state index in [4.69, 9.17) is 11.5 Å². The molecule has 0 aliphatic rings. The molecule has 0 bridgehead atoms. The van der Waals surface area contributed by atoms with Crippen molar-refractivity contribution in [3.05, 3.63) is 0 Å². The van der Waals surface area contributed by atoms with Gasteiger partial charge in [0.15, 0.2) is 0 Å². The Balaban J connectivity index is 0. The van der Waals surface area contributed by atoms with Crippen molar-refractivity contribution in [3.8, 4) is 0 Å². The number of amides is 2. The van der Waals surface area contributed by atoms with E-state index in [0.29, 0.717) is 6.42 Å². The van der Waals surface area contributed by atoms with Gasteiger partial charge in [-0.1, -0.05) is 6.92 Å². The van der Waals surface area contributed by atoms with E-state index in [0.717, 1.165) is 6.42 Å². The van der Waals surface area contributed by atoms with Crippen molar-refractivity contribution >= 4 is 12.0 Å². The molecule has 0 unspecified atom stereocenters. The van der Waals surface area contributed by atoms with Crippen LogP contribution >= 0.6 is 0 Å². The van der Waals surface area contributed by atoms with Crippen molar-refractivity contribution in [2.75, 3.05) is 0 Å². The lowest BCUT2D eigenvalue weighted by molar-refractivity contribution is -0.118. The third-order valence-electron chi connectivity index (χ3n) is 0.903. The summed E-state index contributed by atoms with van der Waals surface area (Å²) in [4.78, 5) is 19.8. The Morgan fingerprint density at radius 3 is 1.64 bits per heavy atom. The lowest BCUT2D eigenvalue weighted by atomic mass is 10.2. The summed E-state index contributed by atoms with van der Waals surface area (Å²) in [5.74, 6) is -0.211. The lowest BCUT2D eigenvalue weighted by Gasteiger charge is -2.16. The summed E-state index contributed by atoms with van der Waals surface area (Å²) in [6.45, 7) is 7.21. The molecule has 0 aromatic carbocycles. The summed E-state index contributed by atoms with van der Waals surface area (Å²) < 4.78 is 4.58. The number of rotatable bonds is 2. The summed E-state index contributed by atoms with van der Waals surface area (Å²) in [5.41, 5.74) is 9.03. The number of nitrogens with two attached hydrogens (primary N) is 2. The van der Waals surface area contributed by atoms with Crippen molar-refractivity contribution in [2.24, 2.45) is 11.5 Å². The molecule has 0 heterocycles. The minimum atomic E-state index is -0.725. The van der Waals surface area contributed by atoms with Crippen LogP contribution in [0.2, 0.25) is 0 Å². The summed E-state index contributed by atoms with van der Waals surface area (Å²) in [5, 5.41) is 0. The normalized spacial score (nSPS) is 9.71. The van der Waals surface area contributed by atoms with Crippen LogP contribution in [0.15, 0.2) is 0 Å². The van der Waals surface area contributed by atoms with Gasteiger partial charge in [0, 0.05) is 6.42 Å². The maximum Gasteiger partial charge on any atom is 0.405 e. The summed E-state index contributed by atoms with van der Waals surface area (Å²) in [7, 11) is 0. The Kier molecular flexibility index (Phi) is 7.80. The molecule has 0 aromatic rings. The molecule has 0 rings (SSSR count). The lowest BCUT2D eigenvalue weighted by Crippen LogP contribution is -2.27. The highest BCUT2D eigenvalue weighted by atomic mass is 16.6. The standard InChI is InChI=1S/C5H11NO2.C4H9NO/c1-5(2,3)8-4(6)7;1-2-3-4(5)6/h1-3H3,(H2,6,7);2-3H2,1H3,(H2,5,6). The van der Waals surface area contributed by atoms with Crippen LogP contribution in [0.25, 0.3) is 0 Å². The second-order valence-corrected chi connectivity index (χ2v) is 3.75. The Morgan fingerprint density at radius 2 is 1.64 bits per heavy atom. The van der Waals surface area contributed by atoms with Gasteiger partial charge in [0.1, 0.15) is 5.60 Å². The first-order valence-corrected chi connectivity index (χ1v) is 4.45. The second-order valence-electron chi connectivity index (χ2n) is 3.75. The largest absolute Gasteiger partial charge is 0.444 e. The van der Waals surface area contributed by atoms with E-state index in [9.17, 15) is 9.59 Å². The quantitative estimate of drug-likeness (QED) is 0.706. The number of hydrogen-bond donors (Lipinski definition) is 2. The maximum absolute atomic E-state index is 10.0. The molecule has 5 nitrogen and oxygen atoms in total. The van der Waals surface area contributed by atoms with Gasteiger partial charge in [-0.15, -0.1) is 0 Å². The van der Waals surface area contributed by atoms with Gasteiger partial charge < -0.3 is 16.2 Å². The van der Waals surface area contributed by atoms with Gasteiger partial charge in [0.2, 0.25) is 5.91 Å². The SMILES string of the molecule is CC(C)(C)OC(N)=O.CCCC(N)=O. The summed E-state index contributed by atoms with van der Waals surface area (Å²) >= 11 is 0. The molecule has 4 N–H and O–H groups in total. The molecule has 0 radical (unpaired) electrons. The van der Waals surface area contributed by atoms with Crippen LogP contribution in [0.1, 0.15) is 40.5 Å². The minimum absolute atomic E-state index is 0.211. The molecule has 84 valence electrons. The Hall–Kier alpha value is -1.26. The maximum atomic E-state index is 10.0. The fourth-order valence-electron chi connectivity index (χ4n) is 0.548. The molecule has 2 amide bonds. The van der Waals surface area contributed by atoms with E-state index >= 15 is 0 Å². The van der Waals surface area contributed by atoms with Gasteiger partial charge in [0.25, 0.3) is 0 Å². The zero-order chi connectivity index (χ0) is 11.8. The van der Waals surface area contributed by atoms with Crippen molar-refractivity contribution in [2.45, 2.75) is 46.1 Å². The Morgan fingerprint density at radius 1 is 1.21 bits per heavy atom. The zero-order valence-electron chi connectivity index (χ0n) is 9.29.